The largest absolute Gasteiger partial charge is 0.493 e. The number of carbonyl (C=O) groups excluding carboxylic acids is 2. The first-order chi connectivity index (χ1) is 20.3. The number of benzene rings is 3. The fourth-order valence-electron chi connectivity index (χ4n) is 4.59. The molecule has 3 aromatic rings. The maximum absolute atomic E-state index is 14.1. The number of nitrogens with zero attached hydrogens (tertiary/aromatic N) is 2. The number of hydrogen-bond acceptors (Lipinski definition) is 6. The van der Waals surface area contributed by atoms with Gasteiger partial charge in [0.2, 0.25) is 11.8 Å². The molecule has 0 saturated carbocycles. The van der Waals surface area contributed by atoms with Crippen LogP contribution in [0.5, 0.6) is 11.5 Å². The third-order valence-corrected chi connectivity index (χ3v) is 8.47. The zero-order valence-corrected chi connectivity index (χ0v) is 26.3. The van der Waals surface area contributed by atoms with Gasteiger partial charge in [-0.25, -0.2) is 12.8 Å². The lowest BCUT2D eigenvalue weighted by Gasteiger charge is -2.34. The van der Waals surface area contributed by atoms with Gasteiger partial charge in [0, 0.05) is 18.2 Å². The van der Waals surface area contributed by atoms with E-state index in [1.54, 1.807) is 6.92 Å². The fraction of sp³-hybridized carbons (Fsp3) is 0.375. The van der Waals surface area contributed by atoms with E-state index in [-0.39, 0.29) is 28.8 Å². The van der Waals surface area contributed by atoms with E-state index in [4.69, 9.17) is 9.47 Å². The zero-order chi connectivity index (χ0) is 31.8. The number of ether oxygens (including phenoxy) is 2. The number of halogens is 1. The molecule has 0 aliphatic heterocycles. The Morgan fingerprint density at radius 1 is 0.930 bits per heavy atom. The van der Waals surface area contributed by atoms with Gasteiger partial charge in [0.25, 0.3) is 10.0 Å². The average Bonchev–Trinajstić information content (AvgIpc) is 2.97. The lowest BCUT2D eigenvalue weighted by molar-refractivity contribution is -0.140. The van der Waals surface area contributed by atoms with Crippen molar-refractivity contribution in [2.75, 3.05) is 31.6 Å². The van der Waals surface area contributed by atoms with Gasteiger partial charge in [0.15, 0.2) is 11.5 Å². The van der Waals surface area contributed by atoms with Crippen LogP contribution in [0.3, 0.4) is 0 Å². The smallest absolute Gasteiger partial charge is 0.264 e. The molecule has 43 heavy (non-hydrogen) atoms. The highest BCUT2D eigenvalue weighted by Crippen LogP contribution is 2.32. The third kappa shape index (κ3) is 8.70. The fourth-order valence-corrected chi connectivity index (χ4v) is 6.02. The maximum atomic E-state index is 14.1. The lowest BCUT2D eigenvalue weighted by Crippen LogP contribution is -2.56. The normalized spacial score (nSPS) is 12.3. The molecule has 0 aliphatic carbocycles. The van der Waals surface area contributed by atoms with Crippen molar-refractivity contribution in [2.24, 2.45) is 0 Å². The first-order valence-electron chi connectivity index (χ1n) is 14.0. The molecule has 0 radical (unpaired) electrons. The van der Waals surface area contributed by atoms with E-state index in [0.717, 1.165) is 22.0 Å². The van der Waals surface area contributed by atoms with E-state index in [9.17, 15) is 22.4 Å². The highest BCUT2D eigenvalue weighted by atomic mass is 32.2. The van der Waals surface area contributed by atoms with Crippen LogP contribution < -0.4 is 19.1 Å². The van der Waals surface area contributed by atoms with Crippen molar-refractivity contribution in [3.05, 3.63) is 84.2 Å². The summed E-state index contributed by atoms with van der Waals surface area (Å²) in [4.78, 5) is 28.8. The standard InChI is InChI=1S/C32H40FN3O6S/c1-7-27(31(38)34-32(2,3)4)35(20-19-23-11-9-8-10-12-23)30(37)22-36(25-15-13-24(33)14-16-25)43(39,40)26-17-18-28(41-5)29(21-26)42-6/h8-18,21,27H,7,19-20,22H2,1-6H3,(H,34,38)/t27-/m0/s1. The predicted molar refractivity (Wildman–Crippen MR) is 164 cm³/mol. The van der Waals surface area contributed by atoms with Crippen LogP contribution in [0.25, 0.3) is 0 Å². The minimum absolute atomic E-state index is 0.0831. The molecular formula is C32H40FN3O6S. The van der Waals surface area contributed by atoms with Crippen molar-refractivity contribution in [1.82, 2.24) is 10.2 Å². The van der Waals surface area contributed by atoms with Gasteiger partial charge in [-0.2, -0.15) is 0 Å². The van der Waals surface area contributed by atoms with Crippen LogP contribution in [0.1, 0.15) is 39.7 Å². The molecule has 11 heteroatoms. The minimum Gasteiger partial charge on any atom is -0.493 e. The highest BCUT2D eigenvalue weighted by molar-refractivity contribution is 7.92. The van der Waals surface area contributed by atoms with Crippen molar-refractivity contribution >= 4 is 27.5 Å². The summed E-state index contributed by atoms with van der Waals surface area (Å²) < 4.78 is 53.5. The Hall–Kier alpha value is -4.12. The van der Waals surface area contributed by atoms with Crippen molar-refractivity contribution < 1.29 is 31.9 Å². The minimum atomic E-state index is -4.37. The maximum Gasteiger partial charge on any atom is 0.264 e. The Balaban J connectivity index is 2.06. The summed E-state index contributed by atoms with van der Waals surface area (Å²) in [7, 11) is -1.56. The van der Waals surface area contributed by atoms with Crippen LogP contribution in [0.15, 0.2) is 77.7 Å². The van der Waals surface area contributed by atoms with Gasteiger partial charge < -0.3 is 19.7 Å². The molecule has 0 aromatic heterocycles. The van der Waals surface area contributed by atoms with Gasteiger partial charge in [-0.05, 0) is 75.6 Å². The molecule has 9 nitrogen and oxygen atoms in total. The zero-order valence-electron chi connectivity index (χ0n) is 25.5. The molecule has 0 saturated heterocycles. The van der Waals surface area contributed by atoms with Crippen molar-refractivity contribution in [2.45, 2.75) is 57.0 Å². The molecule has 0 heterocycles. The summed E-state index contributed by atoms with van der Waals surface area (Å²) in [6.45, 7) is 6.88. The number of sulfonamides is 1. The molecule has 0 fully saturated rings. The number of carbonyl (C=O) groups is 2. The van der Waals surface area contributed by atoms with Gasteiger partial charge in [-0.15, -0.1) is 0 Å². The number of methoxy groups -OCH3 is 2. The summed E-state index contributed by atoms with van der Waals surface area (Å²) in [6, 6.07) is 17.6. The number of anilines is 1. The number of rotatable bonds is 13. The van der Waals surface area contributed by atoms with Crippen LogP contribution in [0, 0.1) is 5.82 Å². The number of hydrogen-bond donors (Lipinski definition) is 1. The highest BCUT2D eigenvalue weighted by Gasteiger charge is 2.34. The molecule has 1 N–H and O–H groups in total. The van der Waals surface area contributed by atoms with Crippen molar-refractivity contribution in [3.63, 3.8) is 0 Å². The van der Waals surface area contributed by atoms with Crippen LogP contribution in [0.2, 0.25) is 0 Å². The van der Waals surface area contributed by atoms with Crippen LogP contribution in [-0.4, -0.2) is 64.0 Å². The second kappa shape index (κ2) is 14.4. The molecule has 3 aromatic carbocycles. The van der Waals surface area contributed by atoms with E-state index in [1.807, 2.05) is 51.1 Å². The van der Waals surface area contributed by atoms with Gasteiger partial charge in [0.1, 0.15) is 18.4 Å². The monoisotopic (exact) mass is 613 g/mol. The molecular weight excluding hydrogens is 573 g/mol. The summed E-state index contributed by atoms with van der Waals surface area (Å²) >= 11 is 0. The lowest BCUT2D eigenvalue weighted by atomic mass is 10.1. The van der Waals surface area contributed by atoms with Crippen LogP contribution in [-0.2, 0) is 26.0 Å². The molecule has 0 unspecified atom stereocenters. The average molecular weight is 614 g/mol. The van der Waals surface area contributed by atoms with Crippen LogP contribution >= 0.6 is 0 Å². The Labute approximate surface area is 253 Å². The Bertz CT molecular complexity index is 1490. The Morgan fingerprint density at radius 2 is 1.56 bits per heavy atom. The molecule has 232 valence electrons. The predicted octanol–water partition coefficient (Wildman–Crippen LogP) is 4.80. The van der Waals surface area contributed by atoms with E-state index in [1.165, 1.54) is 49.5 Å². The van der Waals surface area contributed by atoms with Crippen LogP contribution in [0.4, 0.5) is 10.1 Å². The Kier molecular flexibility index (Phi) is 11.2. The van der Waals surface area contributed by atoms with E-state index in [2.05, 4.69) is 5.32 Å². The summed E-state index contributed by atoms with van der Waals surface area (Å²) in [5, 5.41) is 2.94. The second-order valence-corrected chi connectivity index (χ2v) is 12.9. The SMILES string of the molecule is CC[C@@H](C(=O)NC(C)(C)C)N(CCc1ccccc1)C(=O)CN(c1ccc(F)cc1)S(=O)(=O)c1ccc(OC)c(OC)c1. The summed E-state index contributed by atoms with van der Waals surface area (Å²) in [5.74, 6) is -0.974. The van der Waals surface area contributed by atoms with Crippen molar-refractivity contribution in [1.29, 1.82) is 0 Å². The van der Waals surface area contributed by atoms with E-state index < -0.39 is 39.9 Å². The van der Waals surface area contributed by atoms with E-state index >= 15 is 0 Å². The second-order valence-electron chi connectivity index (χ2n) is 11.0. The summed E-state index contributed by atoms with van der Waals surface area (Å²) in [5.41, 5.74) is 0.495. The molecule has 1 atom stereocenters. The first kappa shape index (κ1) is 33.4. The van der Waals surface area contributed by atoms with Crippen molar-refractivity contribution in [3.8, 4) is 11.5 Å². The topological polar surface area (TPSA) is 105 Å². The quantitative estimate of drug-likeness (QED) is 0.297. The van der Waals surface area contributed by atoms with Gasteiger partial charge >= 0.3 is 0 Å². The summed E-state index contributed by atoms with van der Waals surface area (Å²) in [6.07, 6.45) is 0.756. The number of nitrogens with one attached hydrogen (secondary N) is 1. The molecule has 0 spiro atoms. The number of amides is 2. The van der Waals surface area contributed by atoms with Gasteiger partial charge in [0.05, 0.1) is 24.8 Å². The van der Waals surface area contributed by atoms with E-state index in [0.29, 0.717) is 18.6 Å². The third-order valence-electron chi connectivity index (χ3n) is 6.70. The molecule has 0 bridgehead atoms. The molecule has 2 amide bonds. The van der Waals surface area contributed by atoms with Gasteiger partial charge in [-0.1, -0.05) is 37.3 Å². The molecule has 3 rings (SSSR count). The molecule has 0 aliphatic rings. The van der Waals surface area contributed by atoms with Gasteiger partial charge in [-0.3, -0.25) is 13.9 Å². The first-order valence-corrected chi connectivity index (χ1v) is 15.4. The Morgan fingerprint density at radius 3 is 2.12 bits per heavy atom.